The van der Waals surface area contributed by atoms with E-state index in [1.54, 1.807) is 6.92 Å². The molecule has 0 aliphatic carbocycles. The summed E-state index contributed by atoms with van der Waals surface area (Å²) in [7, 11) is -1.43. The Morgan fingerprint density at radius 2 is 1.76 bits per heavy atom. The molecule has 0 spiro atoms. The number of hydrogen-bond acceptors (Lipinski definition) is 7. The monoisotopic (exact) mass is 488 g/mol. The summed E-state index contributed by atoms with van der Waals surface area (Å²) in [5, 5.41) is 2.59. The lowest BCUT2D eigenvalue weighted by atomic mass is 10.2. The number of nitrogens with one attached hydrogen (secondary N) is 2. The number of furan rings is 1. The zero-order valence-electron chi connectivity index (χ0n) is 18.4. The van der Waals surface area contributed by atoms with E-state index in [1.807, 2.05) is 0 Å². The van der Waals surface area contributed by atoms with Gasteiger partial charge >= 0.3 is 5.97 Å². The molecular weight excluding hydrogens is 467 g/mol. The number of sulfonamides is 1. The lowest BCUT2D eigenvalue weighted by Crippen LogP contribution is -2.14. The lowest BCUT2D eigenvalue weighted by Gasteiger charge is -2.13. The second-order valence-corrected chi connectivity index (χ2v) is 8.59. The zero-order valence-corrected chi connectivity index (χ0v) is 19.2. The highest BCUT2D eigenvalue weighted by molar-refractivity contribution is 7.92. The maximum Gasteiger partial charge on any atom is 0.341 e. The summed E-state index contributed by atoms with van der Waals surface area (Å²) < 4.78 is 56.0. The fourth-order valence-electron chi connectivity index (χ4n) is 2.92. The van der Waals surface area contributed by atoms with Gasteiger partial charge in [-0.05, 0) is 61.5 Å². The van der Waals surface area contributed by atoms with Gasteiger partial charge < -0.3 is 19.2 Å². The largest absolute Gasteiger partial charge is 0.495 e. The first-order chi connectivity index (χ1) is 16.1. The van der Waals surface area contributed by atoms with E-state index >= 15 is 0 Å². The molecule has 1 aromatic heterocycles. The Morgan fingerprint density at radius 1 is 1.06 bits per heavy atom. The highest BCUT2D eigenvalue weighted by Crippen LogP contribution is 2.30. The van der Waals surface area contributed by atoms with Crippen LogP contribution in [0.1, 0.15) is 21.9 Å². The number of methoxy groups -OCH3 is 2. The quantitative estimate of drug-likeness (QED) is 0.363. The van der Waals surface area contributed by atoms with Crippen LogP contribution in [0.2, 0.25) is 0 Å². The summed E-state index contributed by atoms with van der Waals surface area (Å²) in [6.45, 7) is 1.59. The molecule has 3 aromatic rings. The van der Waals surface area contributed by atoms with Crippen LogP contribution in [0.25, 0.3) is 6.08 Å². The van der Waals surface area contributed by atoms with Gasteiger partial charge in [-0.15, -0.1) is 0 Å². The summed E-state index contributed by atoms with van der Waals surface area (Å²) in [5.74, 6) is -0.831. The molecule has 0 atom stereocenters. The maximum atomic E-state index is 13.1. The fourth-order valence-corrected chi connectivity index (χ4v) is 3.99. The number of esters is 1. The number of aryl methyl sites for hydroxylation is 1. The topological polar surface area (TPSA) is 124 Å². The minimum atomic E-state index is -4.04. The van der Waals surface area contributed by atoms with Gasteiger partial charge in [-0.1, -0.05) is 0 Å². The van der Waals surface area contributed by atoms with E-state index in [0.717, 1.165) is 24.3 Å². The molecule has 178 valence electrons. The molecule has 0 bridgehead atoms. The van der Waals surface area contributed by atoms with Crippen LogP contribution < -0.4 is 14.8 Å². The molecule has 2 N–H and O–H groups in total. The number of anilines is 2. The van der Waals surface area contributed by atoms with Crippen LogP contribution in [0, 0.1) is 12.7 Å². The maximum absolute atomic E-state index is 13.1. The molecular formula is C23H21FN2O7S. The molecule has 9 nitrogen and oxygen atoms in total. The fraction of sp³-hybridized carbons (Fsp3) is 0.130. The predicted molar refractivity (Wildman–Crippen MR) is 123 cm³/mol. The molecule has 0 aliphatic heterocycles. The van der Waals surface area contributed by atoms with Crippen molar-refractivity contribution in [3.05, 3.63) is 77.5 Å². The van der Waals surface area contributed by atoms with Gasteiger partial charge in [0.1, 0.15) is 28.7 Å². The van der Waals surface area contributed by atoms with Crippen LogP contribution >= 0.6 is 0 Å². The van der Waals surface area contributed by atoms with Crippen molar-refractivity contribution in [2.45, 2.75) is 11.8 Å². The van der Waals surface area contributed by atoms with E-state index in [0.29, 0.717) is 5.76 Å². The molecule has 34 heavy (non-hydrogen) atoms. The molecule has 1 heterocycles. The van der Waals surface area contributed by atoms with Crippen LogP contribution in [-0.2, 0) is 19.6 Å². The average Bonchev–Trinajstić information content (AvgIpc) is 3.18. The number of benzene rings is 2. The van der Waals surface area contributed by atoms with Gasteiger partial charge in [-0.25, -0.2) is 17.6 Å². The Balaban J connectivity index is 1.76. The first-order valence-corrected chi connectivity index (χ1v) is 11.3. The summed E-state index contributed by atoms with van der Waals surface area (Å²) in [4.78, 5) is 23.8. The molecule has 11 heteroatoms. The van der Waals surface area contributed by atoms with Crippen molar-refractivity contribution in [2.24, 2.45) is 0 Å². The summed E-state index contributed by atoms with van der Waals surface area (Å²) in [5.41, 5.74) is 0.590. The summed E-state index contributed by atoms with van der Waals surface area (Å²) in [6.07, 6.45) is 2.56. The molecule has 0 saturated carbocycles. The Morgan fingerprint density at radius 3 is 2.41 bits per heavy atom. The van der Waals surface area contributed by atoms with Crippen molar-refractivity contribution in [1.29, 1.82) is 0 Å². The van der Waals surface area contributed by atoms with Gasteiger partial charge in [-0.2, -0.15) is 0 Å². The van der Waals surface area contributed by atoms with Gasteiger partial charge in [-0.3, -0.25) is 9.52 Å². The van der Waals surface area contributed by atoms with E-state index in [1.165, 1.54) is 50.6 Å². The van der Waals surface area contributed by atoms with Crippen LogP contribution in [-0.4, -0.2) is 34.5 Å². The van der Waals surface area contributed by atoms with Crippen molar-refractivity contribution in [1.82, 2.24) is 0 Å². The van der Waals surface area contributed by atoms with E-state index in [9.17, 15) is 22.4 Å². The van der Waals surface area contributed by atoms with Crippen molar-refractivity contribution in [3.63, 3.8) is 0 Å². The van der Waals surface area contributed by atoms with Crippen LogP contribution in [0.4, 0.5) is 15.8 Å². The third-order valence-electron chi connectivity index (χ3n) is 4.58. The lowest BCUT2D eigenvalue weighted by molar-refractivity contribution is -0.111. The van der Waals surface area contributed by atoms with Gasteiger partial charge in [0.25, 0.3) is 10.0 Å². The minimum Gasteiger partial charge on any atom is -0.495 e. The third kappa shape index (κ3) is 5.81. The van der Waals surface area contributed by atoms with Crippen LogP contribution in [0.15, 0.2) is 63.9 Å². The van der Waals surface area contributed by atoms with Crippen molar-refractivity contribution >= 4 is 39.4 Å². The SMILES string of the molecule is COC(=O)c1cc(/C=C/C(=O)Nc2ccc(OC)c(NS(=O)(=O)c3ccc(F)cc3)c2)oc1C. The van der Waals surface area contributed by atoms with E-state index in [-0.39, 0.29) is 33.3 Å². The molecule has 0 unspecified atom stereocenters. The number of carbonyl (C=O) groups is 2. The number of amides is 1. The second-order valence-electron chi connectivity index (χ2n) is 6.91. The van der Waals surface area contributed by atoms with Gasteiger partial charge in [0.2, 0.25) is 5.91 Å². The number of ether oxygens (including phenoxy) is 2. The van der Waals surface area contributed by atoms with Gasteiger partial charge in [0.15, 0.2) is 0 Å². The third-order valence-corrected chi connectivity index (χ3v) is 5.96. The number of hydrogen-bond donors (Lipinski definition) is 2. The first kappa shape index (κ1) is 24.5. The summed E-state index contributed by atoms with van der Waals surface area (Å²) in [6, 6.07) is 10.1. The highest BCUT2D eigenvalue weighted by Gasteiger charge is 2.18. The van der Waals surface area contributed by atoms with E-state index in [2.05, 4.69) is 14.8 Å². The van der Waals surface area contributed by atoms with Crippen molar-refractivity contribution in [3.8, 4) is 5.75 Å². The second kappa shape index (κ2) is 10.2. The number of carbonyl (C=O) groups excluding carboxylic acids is 2. The number of halogens is 1. The Bertz CT molecular complexity index is 1350. The van der Waals surface area contributed by atoms with Crippen molar-refractivity contribution < 1.29 is 36.3 Å². The normalized spacial score (nSPS) is 11.3. The molecule has 3 rings (SSSR count). The summed E-state index contributed by atoms with van der Waals surface area (Å²) >= 11 is 0. The molecule has 1 amide bonds. The minimum absolute atomic E-state index is 0.0676. The highest BCUT2D eigenvalue weighted by atomic mass is 32.2. The van der Waals surface area contributed by atoms with Crippen LogP contribution in [0.3, 0.4) is 0 Å². The Kier molecular flexibility index (Phi) is 7.37. The molecule has 0 aliphatic rings. The van der Waals surface area contributed by atoms with Crippen molar-refractivity contribution in [2.75, 3.05) is 24.3 Å². The molecule has 0 saturated heterocycles. The number of rotatable bonds is 8. The Labute approximate surface area is 195 Å². The van der Waals surface area contributed by atoms with Gasteiger partial charge in [0, 0.05) is 11.8 Å². The molecule has 0 fully saturated rings. The molecule has 2 aromatic carbocycles. The average molecular weight is 488 g/mol. The standard InChI is InChI=1S/C23H21FN2O7S/c1-14-19(23(28)32-3)13-17(33-14)7-11-22(27)25-16-6-10-21(31-2)20(12-16)26-34(29,30)18-8-4-15(24)5-9-18/h4-13,26H,1-3H3,(H,25,27)/b11-7+. The zero-order chi connectivity index (χ0) is 24.9. The Hall–Kier alpha value is -4.12. The molecule has 0 radical (unpaired) electrons. The predicted octanol–water partition coefficient (Wildman–Crippen LogP) is 3.98. The van der Waals surface area contributed by atoms with Gasteiger partial charge in [0.05, 0.1) is 24.8 Å². The van der Waals surface area contributed by atoms with E-state index in [4.69, 9.17) is 9.15 Å². The first-order valence-electron chi connectivity index (χ1n) is 9.77. The van der Waals surface area contributed by atoms with Crippen LogP contribution in [0.5, 0.6) is 5.75 Å². The smallest absolute Gasteiger partial charge is 0.341 e. The van der Waals surface area contributed by atoms with E-state index < -0.39 is 27.7 Å².